The number of hydrogen-bond donors (Lipinski definition) is 2. The Labute approximate surface area is 197 Å². The smallest absolute Gasteiger partial charge is 0.233 e. The van der Waals surface area contributed by atoms with E-state index in [-0.39, 0.29) is 0 Å². The third-order valence-corrected chi connectivity index (χ3v) is 6.58. The Hall–Kier alpha value is -4.01. The third kappa shape index (κ3) is 3.83. The van der Waals surface area contributed by atoms with Crippen molar-refractivity contribution in [2.75, 3.05) is 10.6 Å². The van der Waals surface area contributed by atoms with Gasteiger partial charge in [0.05, 0.1) is 17.4 Å². The number of benzene rings is 1. The van der Waals surface area contributed by atoms with E-state index in [0.29, 0.717) is 30.3 Å². The third-order valence-electron chi connectivity index (χ3n) is 6.58. The van der Waals surface area contributed by atoms with Gasteiger partial charge in [-0.3, -0.25) is 10.3 Å². The highest BCUT2D eigenvalue weighted by molar-refractivity contribution is 5.85. The molecule has 6 rings (SSSR count). The monoisotopic (exact) mass is 453 g/mol. The first-order valence-electron chi connectivity index (χ1n) is 11.8. The summed E-state index contributed by atoms with van der Waals surface area (Å²) in [5.41, 5.74) is 4.68. The highest BCUT2D eigenvalue weighted by Gasteiger charge is 2.21. The van der Waals surface area contributed by atoms with Crippen LogP contribution >= 0.6 is 0 Å². The summed E-state index contributed by atoms with van der Waals surface area (Å²) < 4.78 is 4.25. The average Bonchev–Trinajstić information content (AvgIpc) is 3.45. The molecule has 172 valence electrons. The standard InChI is InChI=1S/C25H27N9/c1-33-20-12-6-5-11-19(20)29-25(33)32-24-30-22(27-15-17-8-7-13-26-14-17)21-23(31-24)34(16-28-21)18-9-3-2-4-10-18/h5-8,11-14,16,18H,2-4,9-10,15H2,1H3,(H2,27,29,30,31,32). The van der Waals surface area contributed by atoms with Crippen LogP contribution in [0, 0.1) is 0 Å². The maximum atomic E-state index is 4.91. The van der Waals surface area contributed by atoms with Gasteiger partial charge in [0.1, 0.15) is 0 Å². The van der Waals surface area contributed by atoms with Gasteiger partial charge >= 0.3 is 0 Å². The van der Waals surface area contributed by atoms with Crippen LogP contribution in [-0.2, 0) is 13.6 Å². The Morgan fingerprint density at radius 1 is 1.00 bits per heavy atom. The van der Waals surface area contributed by atoms with Crippen LogP contribution < -0.4 is 10.6 Å². The van der Waals surface area contributed by atoms with Crippen molar-refractivity contribution in [2.24, 2.45) is 7.05 Å². The Morgan fingerprint density at radius 3 is 2.71 bits per heavy atom. The molecule has 0 amide bonds. The molecular weight excluding hydrogens is 426 g/mol. The second-order valence-electron chi connectivity index (χ2n) is 8.83. The lowest BCUT2D eigenvalue weighted by Gasteiger charge is -2.23. The minimum Gasteiger partial charge on any atom is -0.364 e. The van der Waals surface area contributed by atoms with E-state index in [9.17, 15) is 0 Å². The molecule has 0 unspecified atom stereocenters. The fourth-order valence-corrected chi connectivity index (χ4v) is 4.77. The predicted molar refractivity (Wildman–Crippen MR) is 133 cm³/mol. The normalized spacial score (nSPS) is 14.6. The number of imidazole rings is 2. The zero-order chi connectivity index (χ0) is 22.9. The van der Waals surface area contributed by atoms with Gasteiger partial charge in [-0.1, -0.05) is 37.5 Å². The number of fused-ring (bicyclic) bond motifs is 2. The number of hydrogen-bond acceptors (Lipinski definition) is 7. The molecule has 4 heterocycles. The maximum absolute atomic E-state index is 4.91. The lowest BCUT2D eigenvalue weighted by molar-refractivity contribution is 0.358. The molecule has 1 aromatic carbocycles. The number of nitrogens with zero attached hydrogens (tertiary/aromatic N) is 7. The average molecular weight is 454 g/mol. The summed E-state index contributed by atoms with van der Waals surface area (Å²) in [6, 6.07) is 12.5. The summed E-state index contributed by atoms with van der Waals surface area (Å²) in [6.07, 6.45) is 11.6. The quantitative estimate of drug-likeness (QED) is 0.374. The number of pyridine rings is 1. The van der Waals surface area contributed by atoms with Crippen LogP contribution in [-0.4, -0.2) is 34.1 Å². The van der Waals surface area contributed by atoms with Gasteiger partial charge in [0.25, 0.3) is 0 Å². The van der Waals surface area contributed by atoms with Crippen LogP contribution in [0.25, 0.3) is 22.2 Å². The second kappa shape index (κ2) is 8.74. The van der Waals surface area contributed by atoms with E-state index < -0.39 is 0 Å². The van der Waals surface area contributed by atoms with Crippen LogP contribution in [0.2, 0.25) is 0 Å². The number of para-hydroxylation sites is 2. The molecule has 9 nitrogen and oxygen atoms in total. The highest BCUT2D eigenvalue weighted by Crippen LogP contribution is 2.32. The number of rotatable bonds is 6. The fraction of sp³-hybridized carbons (Fsp3) is 0.320. The summed E-state index contributed by atoms with van der Waals surface area (Å²) in [6.45, 7) is 0.599. The number of anilines is 3. The zero-order valence-electron chi connectivity index (χ0n) is 19.1. The van der Waals surface area contributed by atoms with Crippen molar-refractivity contribution in [1.29, 1.82) is 0 Å². The topological polar surface area (TPSA) is 98.4 Å². The van der Waals surface area contributed by atoms with Gasteiger partial charge < -0.3 is 14.5 Å². The SMILES string of the molecule is Cn1c(Nc2nc(NCc3cccnc3)c3ncn(C4CCCCC4)c3n2)nc2ccccc21. The summed E-state index contributed by atoms with van der Waals surface area (Å²) >= 11 is 0. The summed E-state index contributed by atoms with van der Waals surface area (Å²) in [5.74, 6) is 1.89. The van der Waals surface area contributed by atoms with Crippen molar-refractivity contribution in [3.63, 3.8) is 0 Å². The first-order chi connectivity index (χ1) is 16.8. The fourth-order valence-electron chi connectivity index (χ4n) is 4.77. The van der Waals surface area contributed by atoms with Gasteiger partial charge in [0.15, 0.2) is 17.0 Å². The molecule has 0 bridgehead atoms. The minimum atomic E-state index is 0.420. The lowest BCUT2D eigenvalue weighted by Crippen LogP contribution is -2.13. The molecule has 1 fully saturated rings. The summed E-state index contributed by atoms with van der Waals surface area (Å²) in [7, 11) is 1.99. The second-order valence-corrected chi connectivity index (χ2v) is 8.83. The van der Waals surface area contributed by atoms with Crippen LogP contribution in [0.3, 0.4) is 0 Å². The molecule has 5 aromatic rings. The van der Waals surface area contributed by atoms with E-state index in [1.807, 2.05) is 54.5 Å². The molecule has 1 aliphatic carbocycles. The maximum Gasteiger partial charge on any atom is 0.233 e. The van der Waals surface area contributed by atoms with E-state index in [4.69, 9.17) is 19.9 Å². The molecule has 9 heteroatoms. The van der Waals surface area contributed by atoms with Crippen molar-refractivity contribution in [1.82, 2.24) is 34.1 Å². The largest absolute Gasteiger partial charge is 0.364 e. The molecule has 0 aliphatic heterocycles. The van der Waals surface area contributed by atoms with E-state index >= 15 is 0 Å². The summed E-state index contributed by atoms with van der Waals surface area (Å²) in [4.78, 5) is 23.4. The number of aryl methyl sites for hydroxylation is 1. The Morgan fingerprint density at radius 2 is 1.88 bits per heavy atom. The first kappa shape index (κ1) is 20.6. The van der Waals surface area contributed by atoms with Gasteiger partial charge in [-0.05, 0) is 36.6 Å². The van der Waals surface area contributed by atoms with E-state index in [1.54, 1.807) is 6.20 Å². The Kier molecular flexibility index (Phi) is 5.29. The molecule has 1 saturated carbocycles. The number of aromatic nitrogens is 7. The molecule has 0 radical (unpaired) electrons. The highest BCUT2D eigenvalue weighted by atomic mass is 15.3. The van der Waals surface area contributed by atoms with E-state index in [2.05, 4.69) is 26.3 Å². The van der Waals surface area contributed by atoms with Crippen molar-refractivity contribution in [3.8, 4) is 0 Å². The van der Waals surface area contributed by atoms with Gasteiger partial charge in [0.2, 0.25) is 11.9 Å². The van der Waals surface area contributed by atoms with Crippen molar-refractivity contribution >= 4 is 39.9 Å². The molecule has 0 saturated heterocycles. The van der Waals surface area contributed by atoms with Crippen LogP contribution in [0.4, 0.5) is 17.7 Å². The van der Waals surface area contributed by atoms with E-state index in [1.165, 1.54) is 19.3 Å². The van der Waals surface area contributed by atoms with Gasteiger partial charge in [-0.25, -0.2) is 9.97 Å². The zero-order valence-corrected chi connectivity index (χ0v) is 19.1. The van der Waals surface area contributed by atoms with E-state index in [0.717, 1.165) is 40.6 Å². The molecular formula is C25H27N9. The molecule has 34 heavy (non-hydrogen) atoms. The summed E-state index contributed by atoms with van der Waals surface area (Å²) in [5, 5.41) is 6.80. The Balaban J connectivity index is 1.40. The first-order valence-corrected chi connectivity index (χ1v) is 11.8. The molecule has 0 spiro atoms. The van der Waals surface area contributed by atoms with Gasteiger partial charge in [0, 0.05) is 32.0 Å². The van der Waals surface area contributed by atoms with Crippen LogP contribution in [0.5, 0.6) is 0 Å². The molecule has 0 atom stereocenters. The Bertz CT molecular complexity index is 1430. The van der Waals surface area contributed by atoms with Gasteiger partial charge in [-0.2, -0.15) is 9.97 Å². The van der Waals surface area contributed by atoms with Gasteiger partial charge in [-0.15, -0.1) is 0 Å². The molecule has 2 N–H and O–H groups in total. The predicted octanol–water partition coefficient (Wildman–Crippen LogP) is 4.97. The molecule has 1 aliphatic rings. The van der Waals surface area contributed by atoms with Crippen molar-refractivity contribution in [3.05, 3.63) is 60.7 Å². The lowest BCUT2D eigenvalue weighted by atomic mass is 9.95. The van der Waals surface area contributed by atoms with Crippen molar-refractivity contribution < 1.29 is 0 Å². The number of nitrogens with one attached hydrogen (secondary N) is 2. The minimum absolute atomic E-state index is 0.420. The van der Waals surface area contributed by atoms with Crippen LogP contribution in [0.15, 0.2) is 55.1 Å². The molecule has 4 aromatic heterocycles. The van der Waals surface area contributed by atoms with Crippen LogP contribution in [0.1, 0.15) is 43.7 Å². The van der Waals surface area contributed by atoms with Crippen molar-refractivity contribution in [2.45, 2.75) is 44.7 Å².